The number of rotatable bonds is 5. The van der Waals surface area contributed by atoms with Gasteiger partial charge in [-0.25, -0.2) is 9.78 Å². The number of benzene rings is 1. The van der Waals surface area contributed by atoms with Crippen LogP contribution in [0.4, 0.5) is 0 Å². The number of nitrogens with zero attached hydrogens (tertiary/aromatic N) is 2. The van der Waals surface area contributed by atoms with E-state index in [4.69, 9.17) is 11.6 Å². The molecule has 120 valence electrons. The number of aromatic nitrogens is 1. The van der Waals surface area contributed by atoms with E-state index >= 15 is 0 Å². The van der Waals surface area contributed by atoms with Crippen molar-refractivity contribution in [3.8, 4) is 10.6 Å². The van der Waals surface area contributed by atoms with Gasteiger partial charge in [0.15, 0.2) is 0 Å². The Hall–Kier alpha value is -1.92. The van der Waals surface area contributed by atoms with Gasteiger partial charge in [-0.2, -0.15) is 0 Å². The number of carboxylic acid groups (broad SMARTS) is 1. The average molecular weight is 351 g/mol. The summed E-state index contributed by atoms with van der Waals surface area (Å²) in [4.78, 5) is 29.7. The van der Waals surface area contributed by atoms with E-state index in [0.717, 1.165) is 18.4 Å². The number of aliphatic carboxylic acids is 1. The van der Waals surface area contributed by atoms with E-state index in [9.17, 15) is 14.7 Å². The molecular formula is C16H15ClN2O3S. The maximum absolute atomic E-state index is 12.7. The zero-order chi connectivity index (χ0) is 16.6. The number of hydrogen-bond acceptors (Lipinski definition) is 4. The van der Waals surface area contributed by atoms with Crippen LogP contribution in [0.1, 0.15) is 30.3 Å². The van der Waals surface area contributed by atoms with E-state index in [-0.39, 0.29) is 17.6 Å². The van der Waals surface area contributed by atoms with Crippen molar-refractivity contribution in [2.45, 2.75) is 31.8 Å². The second-order valence-electron chi connectivity index (χ2n) is 5.48. The molecule has 5 nitrogen and oxygen atoms in total. The van der Waals surface area contributed by atoms with Crippen LogP contribution < -0.4 is 0 Å². The molecule has 0 bridgehead atoms. The molecule has 1 saturated carbocycles. The largest absolute Gasteiger partial charge is 0.480 e. The fourth-order valence-electron chi connectivity index (χ4n) is 2.39. The topological polar surface area (TPSA) is 70.5 Å². The summed E-state index contributed by atoms with van der Waals surface area (Å²) >= 11 is 7.48. The van der Waals surface area contributed by atoms with Gasteiger partial charge in [0.2, 0.25) is 0 Å². The van der Waals surface area contributed by atoms with Crippen molar-refractivity contribution in [3.63, 3.8) is 0 Å². The lowest BCUT2D eigenvalue weighted by Gasteiger charge is -2.25. The fraction of sp³-hybridized carbons (Fsp3) is 0.312. The summed E-state index contributed by atoms with van der Waals surface area (Å²) in [5.41, 5.74) is 1.03. The van der Waals surface area contributed by atoms with E-state index in [1.54, 1.807) is 11.4 Å². The highest BCUT2D eigenvalue weighted by Gasteiger charge is 2.39. The maximum atomic E-state index is 12.7. The smallest absolute Gasteiger partial charge is 0.326 e. The summed E-state index contributed by atoms with van der Waals surface area (Å²) < 4.78 is 0. The quantitative estimate of drug-likeness (QED) is 0.895. The van der Waals surface area contributed by atoms with Crippen molar-refractivity contribution in [2.75, 3.05) is 0 Å². The van der Waals surface area contributed by atoms with Gasteiger partial charge < -0.3 is 10.0 Å². The molecule has 1 atom stereocenters. The molecule has 0 saturated heterocycles. The van der Waals surface area contributed by atoms with Crippen molar-refractivity contribution in [3.05, 3.63) is 40.4 Å². The molecule has 1 N–H and O–H groups in total. The molecule has 1 aromatic heterocycles. The summed E-state index contributed by atoms with van der Waals surface area (Å²) in [7, 11) is 0. The lowest BCUT2D eigenvalue weighted by molar-refractivity contribution is -0.141. The Morgan fingerprint density at radius 2 is 2.09 bits per heavy atom. The van der Waals surface area contributed by atoms with Crippen molar-refractivity contribution in [1.29, 1.82) is 0 Å². The number of carbonyl (C=O) groups is 2. The number of amides is 1. The standard InChI is InChI=1S/C16H15ClN2O3S/c1-9(16(21)22)19(10-6-7-10)15(20)13-8-23-14(18-13)11-4-2-3-5-12(11)17/h2-5,8-10H,6-7H2,1H3,(H,21,22). The first-order valence-electron chi connectivity index (χ1n) is 7.25. The van der Waals surface area contributed by atoms with E-state index < -0.39 is 12.0 Å². The first-order valence-corrected chi connectivity index (χ1v) is 8.50. The van der Waals surface area contributed by atoms with Gasteiger partial charge in [-0.1, -0.05) is 29.8 Å². The van der Waals surface area contributed by atoms with Crippen LogP contribution >= 0.6 is 22.9 Å². The first kappa shape index (κ1) is 16.0. The van der Waals surface area contributed by atoms with E-state index in [0.29, 0.717) is 10.0 Å². The SMILES string of the molecule is CC(C(=O)O)N(C(=O)c1csc(-c2ccccc2Cl)n1)C1CC1. The molecule has 23 heavy (non-hydrogen) atoms. The van der Waals surface area contributed by atoms with E-state index in [1.807, 2.05) is 18.2 Å². The number of carboxylic acids is 1. The summed E-state index contributed by atoms with van der Waals surface area (Å²) in [5.74, 6) is -1.34. The molecule has 1 aromatic carbocycles. The highest BCUT2D eigenvalue weighted by molar-refractivity contribution is 7.13. The minimum absolute atomic E-state index is 0.000867. The molecule has 1 heterocycles. The third-order valence-electron chi connectivity index (χ3n) is 3.78. The van der Waals surface area contributed by atoms with Crippen LogP contribution in [0.2, 0.25) is 5.02 Å². The number of thiazole rings is 1. The molecule has 0 radical (unpaired) electrons. The summed E-state index contributed by atoms with van der Waals surface area (Å²) in [6.07, 6.45) is 1.68. The minimum Gasteiger partial charge on any atom is -0.480 e. The second kappa shape index (κ2) is 6.29. The number of halogens is 1. The molecule has 0 spiro atoms. The van der Waals surface area contributed by atoms with Gasteiger partial charge in [-0.3, -0.25) is 4.79 Å². The molecule has 1 aliphatic carbocycles. The predicted molar refractivity (Wildman–Crippen MR) is 88.8 cm³/mol. The molecule has 1 aliphatic rings. The van der Waals surface area contributed by atoms with Crippen molar-refractivity contribution in [2.24, 2.45) is 0 Å². The Morgan fingerprint density at radius 1 is 1.39 bits per heavy atom. The lowest BCUT2D eigenvalue weighted by Crippen LogP contribution is -2.44. The van der Waals surface area contributed by atoms with Crippen LogP contribution in [0.25, 0.3) is 10.6 Å². The van der Waals surface area contributed by atoms with Gasteiger partial charge in [0.1, 0.15) is 16.7 Å². The Kier molecular flexibility index (Phi) is 4.37. The van der Waals surface area contributed by atoms with Crippen LogP contribution in [-0.2, 0) is 4.79 Å². The van der Waals surface area contributed by atoms with Crippen LogP contribution in [0.3, 0.4) is 0 Å². The average Bonchev–Trinajstić information content (AvgIpc) is 3.23. The van der Waals surface area contributed by atoms with E-state index in [1.165, 1.54) is 23.2 Å². The Labute approximate surface area is 142 Å². The van der Waals surface area contributed by atoms with Gasteiger partial charge >= 0.3 is 5.97 Å². The van der Waals surface area contributed by atoms with Gasteiger partial charge in [0, 0.05) is 17.0 Å². The molecular weight excluding hydrogens is 336 g/mol. The van der Waals surface area contributed by atoms with Gasteiger partial charge in [0.05, 0.1) is 5.02 Å². The van der Waals surface area contributed by atoms with Crippen LogP contribution in [-0.4, -0.2) is 39.0 Å². The number of carbonyl (C=O) groups excluding carboxylic acids is 1. The molecule has 0 aliphatic heterocycles. The van der Waals surface area contributed by atoms with Crippen LogP contribution in [0.5, 0.6) is 0 Å². The van der Waals surface area contributed by atoms with E-state index in [2.05, 4.69) is 4.98 Å². The monoisotopic (exact) mass is 350 g/mol. The molecule has 1 fully saturated rings. The van der Waals surface area contributed by atoms with Crippen molar-refractivity contribution < 1.29 is 14.7 Å². The zero-order valence-corrected chi connectivity index (χ0v) is 14.0. The molecule has 1 unspecified atom stereocenters. The zero-order valence-electron chi connectivity index (χ0n) is 12.4. The third kappa shape index (κ3) is 3.23. The van der Waals surface area contributed by atoms with Gasteiger partial charge in [-0.05, 0) is 25.8 Å². The Balaban J connectivity index is 1.88. The Bertz CT molecular complexity index is 757. The number of hydrogen-bond donors (Lipinski definition) is 1. The summed E-state index contributed by atoms with van der Waals surface area (Å²) in [6, 6.07) is 6.43. The highest BCUT2D eigenvalue weighted by Crippen LogP contribution is 2.33. The van der Waals surface area contributed by atoms with Crippen LogP contribution in [0, 0.1) is 0 Å². The third-order valence-corrected chi connectivity index (χ3v) is 4.98. The molecule has 3 rings (SSSR count). The Morgan fingerprint density at radius 3 is 2.70 bits per heavy atom. The summed E-state index contributed by atoms with van der Waals surface area (Å²) in [5, 5.41) is 12.1. The molecule has 7 heteroatoms. The molecule has 1 amide bonds. The lowest BCUT2D eigenvalue weighted by atomic mass is 10.2. The van der Waals surface area contributed by atoms with Crippen LogP contribution in [0.15, 0.2) is 29.6 Å². The van der Waals surface area contributed by atoms with Crippen molar-refractivity contribution >= 4 is 34.8 Å². The predicted octanol–water partition coefficient (Wildman–Crippen LogP) is 3.54. The maximum Gasteiger partial charge on any atom is 0.326 e. The first-order chi connectivity index (χ1) is 11.0. The second-order valence-corrected chi connectivity index (χ2v) is 6.74. The fourth-order valence-corrected chi connectivity index (χ4v) is 3.51. The minimum atomic E-state index is -1.01. The molecule has 2 aromatic rings. The van der Waals surface area contributed by atoms with Gasteiger partial charge in [0.25, 0.3) is 5.91 Å². The summed E-state index contributed by atoms with van der Waals surface area (Å²) in [6.45, 7) is 1.53. The van der Waals surface area contributed by atoms with Crippen molar-refractivity contribution in [1.82, 2.24) is 9.88 Å². The van der Waals surface area contributed by atoms with Gasteiger partial charge in [-0.15, -0.1) is 11.3 Å². The normalized spacial score (nSPS) is 15.2. The highest BCUT2D eigenvalue weighted by atomic mass is 35.5.